The predicted octanol–water partition coefficient (Wildman–Crippen LogP) is 0.200. The normalized spacial score (nSPS) is 22.8. The van der Waals surface area contributed by atoms with Crippen LogP contribution in [0.4, 0.5) is 0 Å². The quantitative estimate of drug-likeness (QED) is 0.510. The molecule has 6 nitrogen and oxygen atoms in total. The van der Waals surface area contributed by atoms with Crippen LogP contribution >= 0.6 is 0 Å². The summed E-state index contributed by atoms with van der Waals surface area (Å²) in [7, 11) is 0. The molecule has 0 radical (unpaired) electrons. The highest BCUT2D eigenvalue weighted by atomic mass is 16.5. The number of nitrogens with one attached hydrogen (secondary N) is 1. The maximum atomic E-state index is 11.6. The molecule has 3 N–H and O–H groups in total. The first-order valence-corrected chi connectivity index (χ1v) is 6.91. The Bertz CT molecular complexity index is 288. The van der Waals surface area contributed by atoms with Crippen LogP contribution in [0.2, 0.25) is 0 Å². The number of nitrogens with two attached hydrogens (primary N) is 1. The molecule has 0 aromatic rings. The lowest BCUT2D eigenvalue weighted by Gasteiger charge is -2.27. The maximum absolute atomic E-state index is 11.6. The van der Waals surface area contributed by atoms with E-state index in [2.05, 4.69) is 5.32 Å². The summed E-state index contributed by atoms with van der Waals surface area (Å²) in [6.07, 6.45) is 3.17. The summed E-state index contributed by atoms with van der Waals surface area (Å²) in [4.78, 5) is 23.1. The molecular weight excluding hydrogens is 248 g/mol. The third-order valence-corrected chi connectivity index (χ3v) is 3.21. The fourth-order valence-corrected chi connectivity index (χ4v) is 2.25. The Morgan fingerprint density at radius 2 is 1.95 bits per heavy atom. The molecule has 1 aliphatic carbocycles. The summed E-state index contributed by atoms with van der Waals surface area (Å²) >= 11 is 0. The van der Waals surface area contributed by atoms with Crippen LogP contribution in [-0.2, 0) is 19.1 Å². The molecule has 0 aliphatic heterocycles. The second kappa shape index (κ2) is 8.87. The van der Waals surface area contributed by atoms with Crippen molar-refractivity contribution in [3.05, 3.63) is 0 Å². The molecule has 0 spiro atoms. The molecule has 1 aliphatic rings. The first-order valence-electron chi connectivity index (χ1n) is 6.91. The smallest absolute Gasteiger partial charge is 0.308 e. The van der Waals surface area contributed by atoms with E-state index in [0.29, 0.717) is 19.8 Å². The number of rotatable bonds is 7. The number of hydrogen-bond acceptors (Lipinski definition) is 5. The van der Waals surface area contributed by atoms with Crippen molar-refractivity contribution in [3.63, 3.8) is 0 Å². The fourth-order valence-electron chi connectivity index (χ4n) is 2.25. The van der Waals surface area contributed by atoms with Crippen LogP contribution in [0, 0.1) is 5.92 Å². The van der Waals surface area contributed by atoms with E-state index in [1.54, 1.807) is 0 Å². The van der Waals surface area contributed by atoms with Gasteiger partial charge in [0.05, 0.1) is 19.1 Å². The molecule has 1 amide bonds. The second-order valence-corrected chi connectivity index (χ2v) is 4.71. The van der Waals surface area contributed by atoms with Gasteiger partial charge in [-0.25, -0.2) is 0 Å². The molecule has 1 fully saturated rings. The predicted molar refractivity (Wildman–Crippen MR) is 70.4 cm³/mol. The van der Waals surface area contributed by atoms with Crippen LogP contribution in [0.5, 0.6) is 0 Å². The summed E-state index contributed by atoms with van der Waals surface area (Å²) in [5.41, 5.74) is 5.27. The third-order valence-electron chi connectivity index (χ3n) is 3.21. The van der Waals surface area contributed by atoms with Gasteiger partial charge in [0.25, 0.3) is 0 Å². The summed E-state index contributed by atoms with van der Waals surface area (Å²) in [6, 6.07) is 0.139. The zero-order valence-electron chi connectivity index (χ0n) is 11.5. The Labute approximate surface area is 114 Å². The minimum atomic E-state index is -0.118. The number of carbonyl (C=O) groups excluding carboxylic acids is 2. The molecule has 0 bridgehead atoms. The van der Waals surface area contributed by atoms with Crippen molar-refractivity contribution in [1.29, 1.82) is 0 Å². The van der Waals surface area contributed by atoms with Gasteiger partial charge in [0.15, 0.2) is 0 Å². The standard InChI is InChI=1S/C13H24N2O4/c1-2-19-13(17)10-3-5-11(6-4-10)15-12(16)9-18-8-7-14/h10-11H,2-9,14H2,1H3,(H,15,16). The van der Waals surface area contributed by atoms with Crippen molar-refractivity contribution in [1.82, 2.24) is 5.32 Å². The van der Waals surface area contributed by atoms with Gasteiger partial charge in [0.2, 0.25) is 5.91 Å². The molecule has 110 valence electrons. The number of carbonyl (C=O) groups is 2. The Morgan fingerprint density at radius 1 is 1.26 bits per heavy atom. The van der Waals surface area contributed by atoms with Gasteiger partial charge in [-0.15, -0.1) is 0 Å². The summed E-state index contributed by atoms with van der Waals surface area (Å²) < 4.78 is 10.1. The Hall–Kier alpha value is -1.14. The van der Waals surface area contributed by atoms with Gasteiger partial charge in [-0.3, -0.25) is 9.59 Å². The van der Waals surface area contributed by atoms with Crippen LogP contribution in [0.15, 0.2) is 0 Å². The van der Waals surface area contributed by atoms with E-state index >= 15 is 0 Å². The maximum Gasteiger partial charge on any atom is 0.308 e. The van der Waals surface area contributed by atoms with Gasteiger partial charge in [0.1, 0.15) is 6.61 Å². The van der Waals surface area contributed by atoms with Gasteiger partial charge in [-0.1, -0.05) is 0 Å². The van der Waals surface area contributed by atoms with Crippen molar-refractivity contribution in [2.45, 2.75) is 38.6 Å². The Balaban J connectivity index is 2.19. The minimum Gasteiger partial charge on any atom is -0.466 e. The van der Waals surface area contributed by atoms with Crippen LogP contribution in [0.1, 0.15) is 32.6 Å². The lowest BCUT2D eigenvalue weighted by molar-refractivity contribution is -0.149. The fraction of sp³-hybridized carbons (Fsp3) is 0.846. The van der Waals surface area contributed by atoms with Crippen molar-refractivity contribution < 1.29 is 19.1 Å². The van der Waals surface area contributed by atoms with Crippen LogP contribution in [0.3, 0.4) is 0 Å². The van der Waals surface area contributed by atoms with E-state index in [9.17, 15) is 9.59 Å². The molecule has 6 heteroatoms. The van der Waals surface area contributed by atoms with Crippen molar-refractivity contribution in [2.75, 3.05) is 26.4 Å². The highest BCUT2D eigenvalue weighted by Crippen LogP contribution is 2.25. The molecule has 1 rings (SSSR count). The monoisotopic (exact) mass is 272 g/mol. The lowest BCUT2D eigenvalue weighted by atomic mass is 9.86. The summed E-state index contributed by atoms with van der Waals surface area (Å²) in [5.74, 6) is -0.242. The van der Waals surface area contributed by atoms with Crippen LogP contribution in [0.25, 0.3) is 0 Å². The SMILES string of the molecule is CCOC(=O)C1CCC(NC(=O)COCCN)CC1. The minimum absolute atomic E-state index is 0.0124. The number of hydrogen-bond donors (Lipinski definition) is 2. The lowest BCUT2D eigenvalue weighted by Crippen LogP contribution is -2.40. The Morgan fingerprint density at radius 3 is 2.53 bits per heavy atom. The molecule has 0 heterocycles. The first kappa shape index (κ1) is 15.9. The average molecular weight is 272 g/mol. The zero-order valence-corrected chi connectivity index (χ0v) is 11.5. The number of ether oxygens (including phenoxy) is 2. The van der Waals surface area contributed by atoms with E-state index in [-0.39, 0.29) is 30.4 Å². The van der Waals surface area contributed by atoms with Gasteiger partial charge >= 0.3 is 5.97 Å². The molecule has 0 aromatic heterocycles. The molecule has 0 unspecified atom stereocenters. The van der Waals surface area contributed by atoms with Gasteiger partial charge < -0.3 is 20.5 Å². The third kappa shape index (κ3) is 6.02. The highest BCUT2D eigenvalue weighted by molar-refractivity contribution is 5.77. The van der Waals surface area contributed by atoms with E-state index in [4.69, 9.17) is 15.2 Å². The van der Waals surface area contributed by atoms with E-state index in [0.717, 1.165) is 25.7 Å². The average Bonchev–Trinajstić information content (AvgIpc) is 2.40. The van der Waals surface area contributed by atoms with Crippen molar-refractivity contribution in [2.24, 2.45) is 11.7 Å². The Kier molecular flexibility index (Phi) is 7.43. The van der Waals surface area contributed by atoms with E-state index in [1.165, 1.54) is 0 Å². The molecule has 0 atom stereocenters. The number of amides is 1. The summed E-state index contributed by atoms with van der Waals surface area (Å²) in [6.45, 7) is 3.09. The molecule has 1 saturated carbocycles. The van der Waals surface area contributed by atoms with Gasteiger partial charge in [-0.2, -0.15) is 0 Å². The number of esters is 1. The molecule has 19 heavy (non-hydrogen) atoms. The van der Waals surface area contributed by atoms with E-state index in [1.807, 2.05) is 6.92 Å². The van der Waals surface area contributed by atoms with E-state index < -0.39 is 0 Å². The first-order chi connectivity index (χ1) is 9.17. The van der Waals surface area contributed by atoms with Crippen LogP contribution in [-0.4, -0.2) is 44.3 Å². The summed E-state index contributed by atoms with van der Waals surface area (Å²) in [5, 5.41) is 2.91. The topological polar surface area (TPSA) is 90.6 Å². The zero-order chi connectivity index (χ0) is 14.1. The molecular formula is C13H24N2O4. The van der Waals surface area contributed by atoms with Crippen molar-refractivity contribution in [3.8, 4) is 0 Å². The second-order valence-electron chi connectivity index (χ2n) is 4.71. The van der Waals surface area contributed by atoms with Crippen LogP contribution < -0.4 is 11.1 Å². The molecule has 0 saturated heterocycles. The largest absolute Gasteiger partial charge is 0.466 e. The molecule has 0 aromatic carbocycles. The van der Waals surface area contributed by atoms with Gasteiger partial charge in [-0.05, 0) is 32.6 Å². The van der Waals surface area contributed by atoms with Crippen molar-refractivity contribution >= 4 is 11.9 Å². The highest BCUT2D eigenvalue weighted by Gasteiger charge is 2.27. The van der Waals surface area contributed by atoms with Gasteiger partial charge in [0, 0.05) is 12.6 Å².